The second-order valence-corrected chi connectivity index (χ2v) is 8.21. The molecule has 0 bridgehead atoms. The zero-order valence-corrected chi connectivity index (χ0v) is 18.7. The van der Waals surface area contributed by atoms with Gasteiger partial charge in [0.1, 0.15) is 0 Å². The number of rotatable bonds is 4. The fourth-order valence-corrected chi connectivity index (χ4v) is 3.85. The van der Waals surface area contributed by atoms with Gasteiger partial charge in [0, 0.05) is 48.8 Å². The maximum absolute atomic E-state index is 12.6. The van der Waals surface area contributed by atoms with E-state index in [9.17, 15) is 9.59 Å². The molecule has 164 valence electrons. The number of nitrogens with one attached hydrogen (secondary N) is 2. The number of halogens is 2. The van der Waals surface area contributed by atoms with Crippen molar-refractivity contribution in [1.29, 1.82) is 0 Å². The van der Waals surface area contributed by atoms with Crippen molar-refractivity contribution < 1.29 is 9.59 Å². The van der Waals surface area contributed by atoms with Gasteiger partial charge in [-0.25, -0.2) is 4.79 Å². The van der Waals surface area contributed by atoms with Crippen molar-refractivity contribution >= 4 is 52.2 Å². The number of hydrogen-bond donors (Lipinski definition) is 2. The lowest BCUT2D eigenvalue weighted by atomic mass is 10.1. The Bertz CT molecular complexity index is 1100. The number of urea groups is 1. The molecule has 6 nitrogen and oxygen atoms in total. The number of piperazine rings is 1. The zero-order chi connectivity index (χ0) is 22.5. The molecule has 8 heteroatoms. The number of anilines is 3. The van der Waals surface area contributed by atoms with E-state index >= 15 is 0 Å². The van der Waals surface area contributed by atoms with Gasteiger partial charge < -0.3 is 20.4 Å². The fraction of sp³-hybridized carbons (Fsp3) is 0.167. The number of hydrogen-bond acceptors (Lipinski definition) is 3. The second kappa shape index (κ2) is 9.94. The Morgan fingerprint density at radius 2 is 1.34 bits per heavy atom. The maximum atomic E-state index is 12.6. The lowest BCUT2D eigenvalue weighted by molar-refractivity contribution is 0.0747. The zero-order valence-electron chi connectivity index (χ0n) is 17.2. The van der Waals surface area contributed by atoms with E-state index in [1.54, 1.807) is 18.2 Å². The third kappa shape index (κ3) is 5.33. The van der Waals surface area contributed by atoms with Gasteiger partial charge in [-0.2, -0.15) is 0 Å². The number of carbonyl (C=O) groups is 2. The largest absolute Gasteiger partial charge is 0.368 e. The summed E-state index contributed by atoms with van der Waals surface area (Å²) in [6, 6.07) is 21.5. The summed E-state index contributed by atoms with van der Waals surface area (Å²) in [5, 5.41) is 6.33. The second-order valence-electron chi connectivity index (χ2n) is 7.40. The first-order chi connectivity index (χ1) is 15.5. The van der Waals surface area contributed by atoms with Crippen molar-refractivity contribution in [1.82, 2.24) is 4.90 Å². The first-order valence-electron chi connectivity index (χ1n) is 10.2. The highest BCUT2D eigenvalue weighted by Gasteiger charge is 2.22. The molecule has 1 saturated heterocycles. The van der Waals surface area contributed by atoms with E-state index in [0.717, 1.165) is 24.3 Å². The summed E-state index contributed by atoms with van der Waals surface area (Å²) in [5.41, 5.74) is 2.99. The Morgan fingerprint density at radius 3 is 2.00 bits per heavy atom. The molecule has 3 amide bonds. The summed E-state index contributed by atoms with van der Waals surface area (Å²) in [6.07, 6.45) is 0. The fourth-order valence-electron chi connectivity index (χ4n) is 3.55. The lowest BCUT2D eigenvalue weighted by Crippen LogP contribution is -2.48. The Balaban J connectivity index is 1.29. The number of amides is 3. The maximum Gasteiger partial charge on any atom is 0.323 e. The van der Waals surface area contributed by atoms with Crippen LogP contribution in [0.25, 0.3) is 0 Å². The number of nitrogens with zero attached hydrogens (tertiary/aromatic N) is 2. The summed E-state index contributed by atoms with van der Waals surface area (Å²) in [7, 11) is 0. The van der Waals surface area contributed by atoms with Crippen LogP contribution in [0.15, 0.2) is 72.8 Å². The first kappa shape index (κ1) is 22.0. The topological polar surface area (TPSA) is 64.7 Å². The minimum absolute atomic E-state index is 0.0674. The molecule has 3 aromatic carbocycles. The van der Waals surface area contributed by atoms with Crippen LogP contribution in [-0.4, -0.2) is 43.0 Å². The third-order valence-electron chi connectivity index (χ3n) is 5.26. The van der Waals surface area contributed by atoms with E-state index in [-0.39, 0.29) is 11.9 Å². The van der Waals surface area contributed by atoms with Crippen LogP contribution in [0.1, 0.15) is 10.4 Å². The Kier molecular flexibility index (Phi) is 6.83. The van der Waals surface area contributed by atoms with Gasteiger partial charge in [-0.15, -0.1) is 0 Å². The van der Waals surface area contributed by atoms with Crippen LogP contribution in [0.3, 0.4) is 0 Å². The molecule has 1 aliphatic heterocycles. The highest BCUT2D eigenvalue weighted by Crippen LogP contribution is 2.25. The van der Waals surface area contributed by atoms with E-state index in [2.05, 4.69) is 15.5 Å². The first-order valence-corrected chi connectivity index (χ1v) is 11.0. The van der Waals surface area contributed by atoms with Crippen LogP contribution >= 0.6 is 23.2 Å². The Labute approximate surface area is 196 Å². The molecule has 0 radical (unpaired) electrons. The summed E-state index contributed by atoms with van der Waals surface area (Å²) in [4.78, 5) is 29.0. The van der Waals surface area contributed by atoms with E-state index < -0.39 is 0 Å². The molecule has 0 atom stereocenters. The predicted molar refractivity (Wildman–Crippen MR) is 130 cm³/mol. The average molecular weight is 469 g/mol. The van der Waals surface area contributed by atoms with Crippen LogP contribution < -0.4 is 15.5 Å². The molecule has 4 rings (SSSR count). The standard InChI is InChI=1S/C24H22Cl2N4O2/c25-21-11-8-19(16-22(21)26)28-24(32)27-18-6-9-20(10-7-18)29-12-14-30(15-13-29)23(31)17-4-2-1-3-5-17/h1-11,16H,12-15H2,(H2,27,28,32). The van der Waals surface area contributed by atoms with Gasteiger partial charge in [0.15, 0.2) is 0 Å². The molecule has 0 saturated carbocycles. The molecule has 0 spiro atoms. The molecule has 0 aliphatic carbocycles. The molecule has 0 aromatic heterocycles. The minimum atomic E-state index is -0.371. The molecule has 1 fully saturated rings. The molecule has 1 aliphatic rings. The molecule has 1 heterocycles. The van der Waals surface area contributed by atoms with Crippen molar-refractivity contribution in [3.63, 3.8) is 0 Å². The summed E-state index contributed by atoms with van der Waals surface area (Å²) < 4.78 is 0. The predicted octanol–water partition coefficient (Wildman–Crippen LogP) is 5.60. The van der Waals surface area contributed by atoms with Gasteiger partial charge in [0.2, 0.25) is 0 Å². The highest BCUT2D eigenvalue weighted by atomic mass is 35.5. The van der Waals surface area contributed by atoms with Crippen molar-refractivity contribution in [2.45, 2.75) is 0 Å². The van der Waals surface area contributed by atoms with Crippen LogP contribution in [0.4, 0.5) is 21.9 Å². The van der Waals surface area contributed by atoms with E-state index in [0.29, 0.717) is 34.5 Å². The minimum Gasteiger partial charge on any atom is -0.368 e. The van der Waals surface area contributed by atoms with Gasteiger partial charge >= 0.3 is 6.03 Å². The van der Waals surface area contributed by atoms with E-state index in [1.165, 1.54) is 0 Å². The van der Waals surface area contributed by atoms with Crippen molar-refractivity contribution in [3.8, 4) is 0 Å². The smallest absolute Gasteiger partial charge is 0.323 e. The van der Waals surface area contributed by atoms with E-state index in [4.69, 9.17) is 23.2 Å². The van der Waals surface area contributed by atoms with Crippen molar-refractivity contribution in [3.05, 3.63) is 88.4 Å². The number of carbonyl (C=O) groups excluding carboxylic acids is 2. The van der Waals surface area contributed by atoms with Crippen LogP contribution in [0.5, 0.6) is 0 Å². The van der Waals surface area contributed by atoms with Crippen molar-refractivity contribution in [2.24, 2.45) is 0 Å². The van der Waals surface area contributed by atoms with Gasteiger partial charge in [-0.05, 0) is 54.6 Å². The van der Waals surface area contributed by atoms with Crippen molar-refractivity contribution in [2.75, 3.05) is 41.7 Å². The van der Waals surface area contributed by atoms with Crippen LogP contribution in [-0.2, 0) is 0 Å². The summed E-state index contributed by atoms with van der Waals surface area (Å²) in [6.45, 7) is 2.84. The Morgan fingerprint density at radius 1 is 0.719 bits per heavy atom. The van der Waals surface area contributed by atoms with Gasteiger partial charge in [-0.1, -0.05) is 41.4 Å². The molecule has 32 heavy (non-hydrogen) atoms. The normalized spacial score (nSPS) is 13.6. The van der Waals surface area contributed by atoms with Crippen LogP contribution in [0.2, 0.25) is 10.0 Å². The Hall–Kier alpha value is -3.22. The number of benzene rings is 3. The van der Waals surface area contributed by atoms with E-state index in [1.807, 2.05) is 59.5 Å². The highest BCUT2D eigenvalue weighted by molar-refractivity contribution is 6.42. The average Bonchev–Trinajstić information content (AvgIpc) is 2.82. The van der Waals surface area contributed by atoms with Gasteiger partial charge in [0.25, 0.3) is 5.91 Å². The lowest BCUT2D eigenvalue weighted by Gasteiger charge is -2.36. The summed E-state index contributed by atoms with van der Waals surface area (Å²) in [5.74, 6) is 0.0674. The molecule has 3 aromatic rings. The van der Waals surface area contributed by atoms with Crippen LogP contribution in [0, 0.1) is 0 Å². The van der Waals surface area contributed by atoms with Gasteiger partial charge in [-0.3, -0.25) is 4.79 Å². The monoisotopic (exact) mass is 468 g/mol. The molecule has 2 N–H and O–H groups in total. The molecule has 0 unspecified atom stereocenters. The van der Waals surface area contributed by atoms with Gasteiger partial charge in [0.05, 0.1) is 10.0 Å². The quantitative estimate of drug-likeness (QED) is 0.523. The summed E-state index contributed by atoms with van der Waals surface area (Å²) >= 11 is 11.9. The molecular weight excluding hydrogens is 447 g/mol. The molecular formula is C24H22Cl2N4O2. The third-order valence-corrected chi connectivity index (χ3v) is 5.99. The SMILES string of the molecule is O=C(Nc1ccc(N2CCN(C(=O)c3ccccc3)CC2)cc1)Nc1ccc(Cl)c(Cl)c1.